The van der Waals surface area contributed by atoms with E-state index in [0.717, 1.165) is 37.0 Å². The number of fused-ring (bicyclic) bond motifs is 2. The van der Waals surface area contributed by atoms with Crippen molar-refractivity contribution in [3.05, 3.63) is 119 Å². The van der Waals surface area contributed by atoms with Gasteiger partial charge in [-0.1, -0.05) is 11.6 Å². The zero-order chi connectivity index (χ0) is 39.5. The Morgan fingerprint density at radius 3 is 1.79 bits per heavy atom. The Morgan fingerprint density at radius 1 is 0.661 bits per heavy atom. The van der Waals surface area contributed by atoms with Gasteiger partial charge in [-0.05, 0) is 43.2 Å². The molecule has 1 N–H and O–H groups in total. The third-order valence-electron chi connectivity index (χ3n) is 9.23. The first-order valence-corrected chi connectivity index (χ1v) is 17.7. The van der Waals surface area contributed by atoms with E-state index in [0.29, 0.717) is 69.7 Å². The predicted molar refractivity (Wildman–Crippen MR) is 208 cm³/mol. The zero-order valence-corrected chi connectivity index (χ0v) is 31.4. The molecule has 56 heavy (non-hydrogen) atoms. The molecule has 0 aliphatic carbocycles. The van der Waals surface area contributed by atoms with Crippen LogP contribution in [0.1, 0.15) is 11.1 Å². The highest BCUT2D eigenvalue weighted by molar-refractivity contribution is 6.36. The van der Waals surface area contributed by atoms with Gasteiger partial charge in [0.1, 0.15) is 34.8 Å². The first-order valence-electron chi connectivity index (χ1n) is 17.3. The van der Waals surface area contributed by atoms with E-state index < -0.39 is 23.3 Å². The van der Waals surface area contributed by atoms with E-state index in [2.05, 4.69) is 35.1 Å². The number of benzene rings is 2. The van der Waals surface area contributed by atoms with Gasteiger partial charge < -0.3 is 24.4 Å². The SMILES string of the molecule is COc1cncc(-c2nc3cc(F)cc(F)c3c(Cl)c2C)c1.COc1cncc(-c2nc3cc(F)cc(F)c3c(Nc3cncc(N4CCOCC4)c3)c2C)c1. The third-order valence-corrected chi connectivity index (χ3v) is 9.70. The van der Waals surface area contributed by atoms with Crippen LogP contribution in [0, 0.1) is 37.1 Å². The van der Waals surface area contributed by atoms with Crippen molar-refractivity contribution in [2.75, 3.05) is 50.7 Å². The third kappa shape index (κ3) is 7.84. The van der Waals surface area contributed by atoms with Crippen LogP contribution in [0.5, 0.6) is 11.5 Å². The molecule has 8 rings (SSSR count). The van der Waals surface area contributed by atoms with Gasteiger partial charge in [-0.15, -0.1) is 0 Å². The molecule has 1 aliphatic rings. The van der Waals surface area contributed by atoms with Crippen LogP contribution in [0.3, 0.4) is 0 Å². The van der Waals surface area contributed by atoms with E-state index in [1.165, 1.54) is 13.2 Å². The molecule has 0 unspecified atom stereocenters. The maximum Gasteiger partial charge on any atom is 0.137 e. The fourth-order valence-corrected chi connectivity index (χ4v) is 6.72. The van der Waals surface area contributed by atoms with Crippen LogP contribution >= 0.6 is 11.6 Å². The van der Waals surface area contributed by atoms with E-state index in [9.17, 15) is 13.2 Å². The summed E-state index contributed by atoms with van der Waals surface area (Å²) in [4.78, 5) is 23.7. The summed E-state index contributed by atoms with van der Waals surface area (Å²) in [5.74, 6) is -1.71. The van der Waals surface area contributed by atoms with Crippen molar-refractivity contribution < 1.29 is 31.8 Å². The van der Waals surface area contributed by atoms with Gasteiger partial charge in [0, 0.05) is 60.9 Å². The Morgan fingerprint density at radius 2 is 1.20 bits per heavy atom. The molecule has 286 valence electrons. The van der Waals surface area contributed by atoms with Crippen molar-refractivity contribution in [2.24, 2.45) is 0 Å². The number of rotatable bonds is 7. The summed E-state index contributed by atoms with van der Waals surface area (Å²) in [6.45, 7) is 6.41. The lowest BCUT2D eigenvalue weighted by molar-refractivity contribution is 0.122. The van der Waals surface area contributed by atoms with Crippen LogP contribution in [0.15, 0.2) is 79.6 Å². The van der Waals surface area contributed by atoms with Crippen molar-refractivity contribution in [1.82, 2.24) is 24.9 Å². The number of anilines is 3. The molecule has 0 bridgehead atoms. The Kier molecular flexibility index (Phi) is 11.1. The first-order chi connectivity index (χ1) is 27.0. The molecular weight excluding hydrogens is 750 g/mol. The van der Waals surface area contributed by atoms with Gasteiger partial charge in [-0.3, -0.25) is 15.0 Å². The number of halogens is 5. The topological polar surface area (TPSA) is 107 Å². The average Bonchev–Trinajstić information content (AvgIpc) is 3.20. The lowest BCUT2D eigenvalue weighted by Crippen LogP contribution is -2.36. The molecule has 7 aromatic rings. The molecule has 1 aliphatic heterocycles. The Balaban J connectivity index is 0.000000189. The summed E-state index contributed by atoms with van der Waals surface area (Å²) in [7, 11) is 3.08. The van der Waals surface area contributed by atoms with Crippen LogP contribution in [0.25, 0.3) is 44.3 Å². The fraction of sp³-hybridized carbons (Fsp3) is 0.195. The molecule has 15 heteroatoms. The monoisotopic (exact) mass is 783 g/mol. The van der Waals surface area contributed by atoms with Gasteiger partial charge >= 0.3 is 0 Å². The summed E-state index contributed by atoms with van der Waals surface area (Å²) in [6, 6.07) is 9.52. The second-order valence-electron chi connectivity index (χ2n) is 12.8. The molecule has 0 spiro atoms. The van der Waals surface area contributed by atoms with Crippen molar-refractivity contribution >= 4 is 50.5 Å². The maximum absolute atomic E-state index is 15.0. The zero-order valence-electron chi connectivity index (χ0n) is 30.6. The maximum atomic E-state index is 15.0. The molecule has 0 atom stereocenters. The second-order valence-corrected chi connectivity index (χ2v) is 13.2. The van der Waals surface area contributed by atoms with E-state index in [4.69, 9.17) is 25.8 Å². The normalized spacial score (nSPS) is 12.7. The molecule has 1 fully saturated rings. The number of hydrogen-bond donors (Lipinski definition) is 1. The van der Waals surface area contributed by atoms with E-state index in [-0.39, 0.29) is 26.8 Å². The van der Waals surface area contributed by atoms with E-state index >= 15 is 4.39 Å². The van der Waals surface area contributed by atoms with Crippen LogP contribution in [0.2, 0.25) is 5.02 Å². The number of ether oxygens (including phenoxy) is 3. The Labute approximate surface area is 324 Å². The number of morpholine rings is 1. The average molecular weight is 784 g/mol. The minimum Gasteiger partial charge on any atom is -0.495 e. The van der Waals surface area contributed by atoms with Crippen LogP contribution in [0.4, 0.5) is 34.6 Å². The number of hydrogen-bond acceptors (Lipinski definition) is 10. The predicted octanol–water partition coefficient (Wildman–Crippen LogP) is 9.41. The highest BCUT2D eigenvalue weighted by Crippen LogP contribution is 2.38. The molecule has 0 radical (unpaired) electrons. The summed E-state index contributed by atoms with van der Waals surface area (Å²) >= 11 is 6.26. The standard InChI is InChI=1S/C25H23F2N5O2.C16H11ClF2N2O/c1-15-24(16-7-20(33-2)14-28-11-16)31-22-9-17(26)8-21(27)23(22)25(15)30-18-10-19(13-29-12-18)32-3-5-34-6-4-32;1-8-15(17)14-12(19)4-10(18)5-13(14)21-16(8)9-3-11(22-2)7-20-6-9/h7-14H,3-6H2,1-2H3,(H,30,31);3-7H,1-2H3. The smallest absolute Gasteiger partial charge is 0.137 e. The first kappa shape index (κ1) is 38.2. The Hall–Kier alpha value is -6.12. The van der Waals surface area contributed by atoms with Crippen molar-refractivity contribution in [3.8, 4) is 34.0 Å². The van der Waals surface area contributed by atoms with Gasteiger partial charge in [-0.2, -0.15) is 0 Å². The molecule has 1 saturated heterocycles. The lowest BCUT2D eigenvalue weighted by atomic mass is 10.0. The second kappa shape index (κ2) is 16.3. The van der Waals surface area contributed by atoms with Gasteiger partial charge in [0.05, 0.1) is 107 Å². The van der Waals surface area contributed by atoms with Crippen molar-refractivity contribution in [1.29, 1.82) is 0 Å². The number of pyridine rings is 5. The summed E-state index contributed by atoms with van der Waals surface area (Å²) in [5, 5.41) is 3.84. The quantitative estimate of drug-likeness (QED) is 0.157. The summed E-state index contributed by atoms with van der Waals surface area (Å²) < 4.78 is 72.4. The van der Waals surface area contributed by atoms with Gasteiger partial charge in [-0.25, -0.2) is 27.5 Å². The van der Waals surface area contributed by atoms with E-state index in [1.54, 1.807) is 63.3 Å². The minimum atomic E-state index is -0.731. The minimum absolute atomic E-state index is 0.111. The summed E-state index contributed by atoms with van der Waals surface area (Å²) in [6.07, 6.45) is 9.84. The molecule has 10 nitrogen and oxygen atoms in total. The van der Waals surface area contributed by atoms with Crippen LogP contribution in [-0.2, 0) is 4.74 Å². The fourth-order valence-electron chi connectivity index (χ4n) is 6.44. The number of aromatic nitrogens is 5. The van der Waals surface area contributed by atoms with Crippen LogP contribution < -0.4 is 19.7 Å². The lowest BCUT2D eigenvalue weighted by Gasteiger charge is -2.28. The van der Waals surface area contributed by atoms with Gasteiger partial charge in [0.15, 0.2) is 0 Å². The molecule has 5 aromatic heterocycles. The van der Waals surface area contributed by atoms with Crippen molar-refractivity contribution in [3.63, 3.8) is 0 Å². The van der Waals surface area contributed by atoms with Gasteiger partial charge in [0.25, 0.3) is 0 Å². The summed E-state index contributed by atoms with van der Waals surface area (Å²) in [5.41, 5.74) is 6.12. The number of nitrogens with zero attached hydrogens (tertiary/aromatic N) is 6. The van der Waals surface area contributed by atoms with Crippen LogP contribution in [-0.4, -0.2) is 65.4 Å². The molecule has 0 saturated carbocycles. The molecular formula is C41H34ClF4N7O3. The highest BCUT2D eigenvalue weighted by Gasteiger charge is 2.20. The Bertz CT molecular complexity index is 2590. The van der Waals surface area contributed by atoms with Crippen molar-refractivity contribution in [2.45, 2.75) is 13.8 Å². The largest absolute Gasteiger partial charge is 0.495 e. The number of methoxy groups -OCH3 is 2. The van der Waals surface area contributed by atoms with E-state index in [1.807, 2.05) is 13.0 Å². The highest BCUT2D eigenvalue weighted by atomic mass is 35.5. The molecule has 0 amide bonds. The van der Waals surface area contributed by atoms with Gasteiger partial charge in [0.2, 0.25) is 0 Å². The molecule has 2 aromatic carbocycles. The molecule has 6 heterocycles. The number of nitrogens with one attached hydrogen (secondary N) is 1.